The Balaban J connectivity index is 1.60. The molecule has 0 atom stereocenters. The molecular weight excluding hydrogens is 324 g/mol. The van der Waals surface area contributed by atoms with Crippen molar-refractivity contribution in [2.24, 2.45) is 0 Å². The van der Waals surface area contributed by atoms with Crippen LogP contribution >= 0.6 is 11.3 Å². The molecule has 3 rings (SSSR count). The highest BCUT2D eigenvalue weighted by molar-refractivity contribution is 7.13. The van der Waals surface area contributed by atoms with Crippen LogP contribution in [-0.2, 0) is 4.79 Å². The molecule has 0 aliphatic carbocycles. The summed E-state index contributed by atoms with van der Waals surface area (Å²) in [6.07, 6.45) is 0. The highest BCUT2D eigenvalue weighted by Crippen LogP contribution is 2.24. The van der Waals surface area contributed by atoms with Gasteiger partial charge in [0.05, 0.1) is 6.54 Å². The van der Waals surface area contributed by atoms with E-state index in [9.17, 15) is 9.59 Å². The molecule has 2 aromatic rings. The molecule has 0 unspecified atom stereocenters. The fraction of sp³-hybridized carbons (Fsp3) is 0.353. The van der Waals surface area contributed by atoms with E-state index in [4.69, 9.17) is 0 Å². The van der Waals surface area contributed by atoms with E-state index in [1.807, 2.05) is 40.6 Å². The van der Waals surface area contributed by atoms with Gasteiger partial charge in [-0.25, -0.2) is 4.98 Å². The number of rotatable bonds is 4. The molecule has 24 heavy (non-hydrogen) atoms. The van der Waals surface area contributed by atoms with Crippen molar-refractivity contribution in [3.8, 4) is 10.6 Å². The minimum atomic E-state index is -0.0342. The minimum absolute atomic E-state index is 0.00165. The number of carbonyl (C=O) groups excluding carboxylic acids is 2. The molecule has 0 saturated carbocycles. The van der Waals surface area contributed by atoms with Gasteiger partial charge < -0.3 is 10.2 Å². The smallest absolute Gasteiger partial charge is 0.273 e. The molecule has 1 aromatic carbocycles. The Morgan fingerprint density at radius 3 is 2.54 bits per heavy atom. The Labute approximate surface area is 145 Å². The third-order valence-corrected chi connectivity index (χ3v) is 4.94. The van der Waals surface area contributed by atoms with Gasteiger partial charge >= 0.3 is 0 Å². The molecule has 7 heteroatoms. The molecule has 0 bridgehead atoms. The number of benzene rings is 1. The lowest BCUT2D eigenvalue weighted by molar-refractivity contribution is -0.122. The van der Waals surface area contributed by atoms with E-state index in [0.717, 1.165) is 10.6 Å². The molecule has 1 aliphatic rings. The lowest BCUT2D eigenvalue weighted by atomic mass is 10.2. The van der Waals surface area contributed by atoms with Gasteiger partial charge in [-0.1, -0.05) is 30.3 Å². The maximum atomic E-state index is 12.6. The number of thiazole rings is 1. The molecular formula is C17H20N4O2S. The standard InChI is InChI=1S/C17H20N4O2S/c1-18-15(22)11-20-7-9-21(10-8-20)17(23)14-12-24-16(19-14)13-5-3-2-4-6-13/h2-6,12H,7-11H2,1H3,(H,18,22). The van der Waals surface area contributed by atoms with Crippen LogP contribution in [0.1, 0.15) is 10.5 Å². The summed E-state index contributed by atoms with van der Waals surface area (Å²) in [5.74, 6) is -0.0326. The molecule has 1 N–H and O–H groups in total. The van der Waals surface area contributed by atoms with Crippen LogP contribution in [0, 0.1) is 0 Å². The molecule has 0 radical (unpaired) electrons. The number of nitrogens with zero attached hydrogens (tertiary/aromatic N) is 3. The first-order chi connectivity index (χ1) is 11.7. The number of carbonyl (C=O) groups is 2. The van der Waals surface area contributed by atoms with Crippen molar-refractivity contribution in [2.45, 2.75) is 0 Å². The van der Waals surface area contributed by atoms with E-state index in [2.05, 4.69) is 15.2 Å². The predicted octanol–water partition coefficient (Wildman–Crippen LogP) is 1.31. The number of hydrogen-bond donors (Lipinski definition) is 1. The molecule has 0 spiro atoms. The van der Waals surface area contributed by atoms with Gasteiger partial charge in [0, 0.05) is 44.2 Å². The van der Waals surface area contributed by atoms with Gasteiger partial charge in [0.15, 0.2) is 0 Å². The largest absolute Gasteiger partial charge is 0.358 e. The summed E-state index contributed by atoms with van der Waals surface area (Å²) >= 11 is 1.48. The van der Waals surface area contributed by atoms with Crippen LogP contribution in [-0.4, -0.2) is 66.4 Å². The summed E-state index contributed by atoms with van der Waals surface area (Å²) < 4.78 is 0. The van der Waals surface area contributed by atoms with Crippen LogP contribution in [0.2, 0.25) is 0 Å². The van der Waals surface area contributed by atoms with Crippen molar-refractivity contribution in [1.82, 2.24) is 20.1 Å². The van der Waals surface area contributed by atoms with E-state index >= 15 is 0 Å². The summed E-state index contributed by atoms with van der Waals surface area (Å²) in [7, 11) is 1.63. The molecule has 126 valence electrons. The highest BCUT2D eigenvalue weighted by Gasteiger charge is 2.24. The third-order valence-electron chi connectivity index (χ3n) is 4.05. The quantitative estimate of drug-likeness (QED) is 0.908. The van der Waals surface area contributed by atoms with Gasteiger partial charge in [0.25, 0.3) is 5.91 Å². The summed E-state index contributed by atoms with van der Waals surface area (Å²) in [6.45, 7) is 3.03. The molecule has 1 aliphatic heterocycles. The third kappa shape index (κ3) is 3.80. The van der Waals surface area contributed by atoms with Crippen molar-refractivity contribution in [3.63, 3.8) is 0 Å². The fourth-order valence-corrected chi connectivity index (χ4v) is 3.44. The van der Waals surface area contributed by atoms with Gasteiger partial charge in [-0.3, -0.25) is 14.5 Å². The molecule has 1 fully saturated rings. The Bertz CT molecular complexity index is 708. The zero-order valence-corrected chi connectivity index (χ0v) is 14.4. The second-order valence-corrected chi connectivity index (χ2v) is 6.50. The SMILES string of the molecule is CNC(=O)CN1CCN(C(=O)c2csc(-c3ccccc3)n2)CC1. The highest BCUT2D eigenvalue weighted by atomic mass is 32.1. The van der Waals surface area contributed by atoms with Crippen LogP contribution in [0.5, 0.6) is 0 Å². The van der Waals surface area contributed by atoms with E-state index in [1.165, 1.54) is 11.3 Å². The zero-order valence-electron chi connectivity index (χ0n) is 13.6. The zero-order chi connectivity index (χ0) is 16.9. The first-order valence-electron chi connectivity index (χ1n) is 7.90. The normalized spacial score (nSPS) is 15.3. The first kappa shape index (κ1) is 16.6. The van der Waals surface area contributed by atoms with Crippen molar-refractivity contribution in [2.75, 3.05) is 39.8 Å². The number of likely N-dealkylation sites (N-methyl/N-ethyl adjacent to an activating group) is 1. The maximum absolute atomic E-state index is 12.6. The topological polar surface area (TPSA) is 65.5 Å². The molecule has 2 amide bonds. The summed E-state index contributed by atoms with van der Waals surface area (Å²) in [6, 6.07) is 9.87. The summed E-state index contributed by atoms with van der Waals surface area (Å²) in [5.41, 5.74) is 1.52. The van der Waals surface area contributed by atoms with Crippen molar-refractivity contribution < 1.29 is 9.59 Å². The van der Waals surface area contributed by atoms with E-state index < -0.39 is 0 Å². The van der Waals surface area contributed by atoms with Crippen LogP contribution in [0.15, 0.2) is 35.7 Å². The van der Waals surface area contributed by atoms with Crippen molar-refractivity contribution >= 4 is 23.2 Å². The fourth-order valence-electron chi connectivity index (χ4n) is 2.64. The van der Waals surface area contributed by atoms with Crippen LogP contribution < -0.4 is 5.32 Å². The number of hydrogen-bond acceptors (Lipinski definition) is 5. The van der Waals surface area contributed by atoms with Gasteiger partial charge in [-0.05, 0) is 0 Å². The Morgan fingerprint density at radius 1 is 1.17 bits per heavy atom. The van der Waals surface area contributed by atoms with Gasteiger partial charge in [0.1, 0.15) is 10.7 Å². The lowest BCUT2D eigenvalue weighted by Gasteiger charge is -2.33. The average molecular weight is 344 g/mol. The molecule has 1 aromatic heterocycles. The van der Waals surface area contributed by atoms with Crippen LogP contribution in [0.4, 0.5) is 0 Å². The number of nitrogens with one attached hydrogen (secondary N) is 1. The number of piperazine rings is 1. The summed E-state index contributed by atoms with van der Waals surface area (Å²) in [4.78, 5) is 32.4. The summed E-state index contributed by atoms with van der Waals surface area (Å²) in [5, 5.41) is 5.30. The number of aromatic nitrogens is 1. The maximum Gasteiger partial charge on any atom is 0.273 e. The van der Waals surface area contributed by atoms with Gasteiger partial charge in [-0.2, -0.15) is 0 Å². The molecule has 6 nitrogen and oxygen atoms in total. The van der Waals surface area contributed by atoms with E-state index in [1.54, 1.807) is 7.05 Å². The Kier molecular flexibility index (Phi) is 5.22. The average Bonchev–Trinajstić information content (AvgIpc) is 3.12. The minimum Gasteiger partial charge on any atom is -0.358 e. The van der Waals surface area contributed by atoms with Crippen LogP contribution in [0.3, 0.4) is 0 Å². The van der Waals surface area contributed by atoms with E-state index in [0.29, 0.717) is 38.4 Å². The predicted molar refractivity (Wildman–Crippen MR) is 94.0 cm³/mol. The second kappa shape index (κ2) is 7.55. The molecule has 1 saturated heterocycles. The Hall–Kier alpha value is -2.25. The monoisotopic (exact) mass is 344 g/mol. The molecule has 2 heterocycles. The van der Waals surface area contributed by atoms with Crippen molar-refractivity contribution in [1.29, 1.82) is 0 Å². The first-order valence-corrected chi connectivity index (χ1v) is 8.78. The van der Waals surface area contributed by atoms with Gasteiger partial charge in [-0.15, -0.1) is 11.3 Å². The lowest BCUT2D eigenvalue weighted by Crippen LogP contribution is -2.50. The van der Waals surface area contributed by atoms with Crippen molar-refractivity contribution in [3.05, 3.63) is 41.4 Å². The van der Waals surface area contributed by atoms with E-state index in [-0.39, 0.29) is 11.8 Å². The van der Waals surface area contributed by atoms with Crippen LogP contribution in [0.25, 0.3) is 10.6 Å². The second-order valence-electron chi connectivity index (χ2n) is 5.65. The van der Waals surface area contributed by atoms with Gasteiger partial charge in [0.2, 0.25) is 5.91 Å². The number of amides is 2. The Morgan fingerprint density at radius 2 is 1.88 bits per heavy atom.